The summed E-state index contributed by atoms with van der Waals surface area (Å²) in [7, 11) is -0.847. The molecule has 1 aromatic rings. The molecule has 7 atom stereocenters. The SMILES string of the molecule is C[C@@]1(O)[C@@H]2OP(=O)(OC3CSSC[C@@H]3OCc3ccccc3)OC[C@H]2O[C@H]1N1C=CC(=O)CC1=O. The number of benzene rings is 1. The fraction of sp³-hybridized carbons (Fsp3) is 0.545. The minimum absolute atomic E-state index is 0.149. The first-order valence-corrected chi connectivity index (χ1v) is 15.1. The zero-order chi connectivity index (χ0) is 24.6. The summed E-state index contributed by atoms with van der Waals surface area (Å²) in [5.74, 6) is 0.327. The Kier molecular flexibility index (Phi) is 7.47. The lowest BCUT2D eigenvalue weighted by molar-refractivity contribution is -0.157. The number of hydrogen-bond donors (Lipinski definition) is 1. The minimum Gasteiger partial charge on any atom is -0.383 e. The summed E-state index contributed by atoms with van der Waals surface area (Å²) in [6.45, 7) is 1.68. The molecule has 0 spiro atoms. The fourth-order valence-corrected chi connectivity index (χ4v) is 8.53. The molecule has 4 aliphatic rings. The highest BCUT2D eigenvalue weighted by molar-refractivity contribution is 8.76. The molecule has 13 heteroatoms. The van der Waals surface area contributed by atoms with Crippen molar-refractivity contribution in [3.8, 4) is 0 Å². The number of amides is 1. The monoisotopic (exact) mass is 543 g/mol. The van der Waals surface area contributed by atoms with E-state index in [0.717, 1.165) is 10.5 Å². The number of rotatable bonds is 6. The lowest BCUT2D eigenvalue weighted by atomic mass is 9.95. The second-order valence-corrected chi connectivity index (χ2v) is 13.0. The highest BCUT2D eigenvalue weighted by atomic mass is 33.1. The van der Waals surface area contributed by atoms with Crippen molar-refractivity contribution in [1.82, 2.24) is 4.90 Å². The van der Waals surface area contributed by atoms with Gasteiger partial charge in [-0.15, -0.1) is 0 Å². The third kappa shape index (κ3) is 5.41. The number of hydrogen-bond acceptors (Lipinski definition) is 11. The molecule has 35 heavy (non-hydrogen) atoms. The van der Waals surface area contributed by atoms with Crippen LogP contribution < -0.4 is 0 Å². The van der Waals surface area contributed by atoms with Crippen LogP contribution in [0.25, 0.3) is 0 Å². The number of allylic oxidation sites excluding steroid dienone is 1. The zero-order valence-corrected chi connectivity index (χ0v) is 21.4. The van der Waals surface area contributed by atoms with Gasteiger partial charge in [0, 0.05) is 17.7 Å². The van der Waals surface area contributed by atoms with E-state index in [4.69, 9.17) is 23.0 Å². The predicted molar refractivity (Wildman–Crippen MR) is 128 cm³/mol. The van der Waals surface area contributed by atoms with E-state index in [2.05, 4.69) is 0 Å². The first kappa shape index (κ1) is 25.4. The molecule has 4 heterocycles. The Balaban J connectivity index is 1.26. The Bertz CT molecular complexity index is 1040. The van der Waals surface area contributed by atoms with E-state index in [0.29, 0.717) is 18.1 Å². The highest BCUT2D eigenvalue weighted by Gasteiger charge is 2.62. The number of ketones is 1. The Morgan fingerprint density at radius 2 is 1.94 bits per heavy atom. The number of ether oxygens (including phenoxy) is 2. The molecule has 0 aliphatic carbocycles. The van der Waals surface area contributed by atoms with Gasteiger partial charge in [-0.1, -0.05) is 51.9 Å². The summed E-state index contributed by atoms with van der Waals surface area (Å²) in [5.41, 5.74) is -0.712. The van der Waals surface area contributed by atoms with Gasteiger partial charge in [-0.05, 0) is 18.6 Å². The van der Waals surface area contributed by atoms with E-state index in [-0.39, 0.29) is 24.9 Å². The molecule has 190 valence electrons. The van der Waals surface area contributed by atoms with Crippen molar-refractivity contribution >= 4 is 41.1 Å². The summed E-state index contributed by atoms with van der Waals surface area (Å²) in [4.78, 5) is 25.1. The number of carbonyl (C=O) groups excluding carboxylic acids is 2. The van der Waals surface area contributed by atoms with Crippen LogP contribution in [0.15, 0.2) is 42.6 Å². The Morgan fingerprint density at radius 1 is 1.20 bits per heavy atom. The topological polar surface area (TPSA) is 121 Å². The van der Waals surface area contributed by atoms with Crippen molar-refractivity contribution in [2.24, 2.45) is 0 Å². The first-order valence-electron chi connectivity index (χ1n) is 11.2. The van der Waals surface area contributed by atoms with Crippen molar-refractivity contribution in [2.75, 3.05) is 18.1 Å². The maximum absolute atomic E-state index is 13.5. The molecule has 0 aromatic heterocycles. The summed E-state index contributed by atoms with van der Waals surface area (Å²) in [6, 6.07) is 9.73. The average Bonchev–Trinajstić information content (AvgIpc) is 3.08. The van der Waals surface area contributed by atoms with Crippen LogP contribution in [0, 0.1) is 0 Å². The van der Waals surface area contributed by atoms with Crippen LogP contribution in [0.3, 0.4) is 0 Å². The molecule has 2 unspecified atom stereocenters. The lowest BCUT2D eigenvalue weighted by Gasteiger charge is -2.39. The van der Waals surface area contributed by atoms with Crippen LogP contribution in [0.2, 0.25) is 0 Å². The summed E-state index contributed by atoms with van der Waals surface area (Å²) in [6.07, 6.45) is -1.64. The molecule has 1 amide bonds. The second-order valence-electron chi connectivity index (χ2n) is 8.83. The molecule has 3 fully saturated rings. The van der Waals surface area contributed by atoms with Gasteiger partial charge in [0.1, 0.15) is 23.9 Å². The molecule has 10 nitrogen and oxygen atoms in total. The number of nitrogens with zero attached hydrogens (tertiary/aromatic N) is 1. The highest BCUT2D eigenvalue weighted by Crippen LogP contribution is 2.59. The Labute approximate surface area is 210 Å². The maximum atomic E-state index is 13.5. The van der Waals surface area contributed by atoms with Gasteiger partial charge in [0.05, 0.1) is 25.7 Å². The normalized spacial score (nSPS) is 39.6. The zero-order valence-electron chi connectivity index (χ0n) is 18.9. The molecule has 5 rings (SSSR count). The van der Waals surface area contributed by atoms with Crippen LogP contribution in [0.5, 0.6) is 0 Å². The van der Waals surface area contributed by atoms with Crippen LogP contribution in [-0.4, -0.2) is 76.1 Å². The summed E-state index contributed by atoms with van der Waals surface area (Å²) >= 11 is 0. The molecule has 4 aliphatic heterocycles. The Hall–Kier alpha value is -1.21. The van der Waals surface area contributed by atoms with Gasteiger partial charge in [0.15, 0.2) is 12.0 Å². The quantitative estimate of drug-likeness (QED) is 0.324. The van der Waals surface area contributed by atoms with Gasteiger partial charge in [-0.3, -0.25) is 28.1 Å². The summed E-state index contributed by atoms with van der Waals surface area (Å²) in [5, 5.41) is 11.3. The third-order valence-corrected chi connectivity index (χ3v) is 10.1. The number of aliphatic hydroxyl groups is 1. The molecule has 3 saturated heterocycles. The van der Waals surface area contributed by atoms with Gasteiger partial charge in [-0.2, -0.15) is 0 Å². The van der Waals surface area contributed by atoms with Crippen LogP contribution in [-0.2, 0) is 43.8 Å². The number of carbonyl (C=O) groups is 2. The van der Waals surface area contributed by atoms with Crippen LogP contribution in [0.1, 0.15) is 18.9 Å². The van der Waals surface area contributed by atoms with Crippen LogP contribution in [0.4, 0.5) is 0 Å². The van der Waals surface area contributed by atoms with Crippen molar-refractivity contribution < 1.29 is 42.3 Å². The van der Waals surface area contributed by atoms with Crippen molar-refractivity contribution in [1.29, 1.82) is 0 Å². The maximum Gasteiger partial charge on any atom is 0.475 e. The van der Waals surface area contributed by atoms with Crippen molar-refractivity contribution in [3.05, 3.63) is 48.2 Å². The third-order valence-electron chi connectivity index (χ3n) is 6.18. The summed E-state index contributed by atoms with van der Waals surface area (Å²) < 4.78 is 42.5. The number of phosphoric acid groups is 1. The molecule has 0 saturated carbocycles. The second kappa shape index (κ2) is 10.3. The van der Waals surface area contributed by atoms with E-state index < -0.39 is 43.9 Å². The average molecular weight is 544 g/mol. The molecular weight excluding hydrogens is 517 g/mol. The molecule has 1 aromatic carbocycles. The van der Waals surface area contributed by atoms with Gasteiger partial charge in [0.2, 0.25) is 5.91 Å². The molecule has 1 N–H and O–H groups in total. The van der Waals surface area contributed by atoms with Gasteiger partial charge >= 0.3 is 7.82 Å². The predicted octanol–water partition coefficient (Wildman–Crippen LogP) is 2.67. The van der Waals surface area contributed by atoms with Gasteiger partial charge in [-0.25, -0.2) is 4.57 Å². The molecule has 0 bridgehead atoms. The van der Waals surface area contributed by atoms with E-state index in [9.17, 15) is 19.3 Å². The molecule has 0 radical (unpaired) electrons. The number of phosphoric ester groups is 1. The minimum atomic E-state index is -4.07. The van der Waals surface area contributed by atoms with E-state index in [1.807, 2.05) is 30.3 Å². The first-order chi connectivity index (χ1) is 16.7. The van der Waals surface area contributed by atoms with E-state index in [1.165, 1.54) is 19.2 Å². The van der Waals surface area contributed by atoms with E-state index >= 15 is 0 Å². The lowest BCUT2D eigenvalue weighted by Crippen LogP contribution is -2.55. The number of fused-ring (bicyclic) bond motifs is 1. The van der Waals surface area contributed by atoms with Crippen molar-refractivity contribution in [3.63, 3.8) is 0 Å². The molecular formula is C22H26NO9PS2. The standard InChI is InChI=1S/C22H26NO9PS2/c1-22(26)20-16(30-21(22)23-8-7-15(24)9-19(23)25)11-29-33(27,32-20)31-18-13-35-34-12-17(18)28-10-14-5-3-2-4-6-14/h2-8,16-18,20-21,26H,9-13H2,1H3/t16-,17+,18?,20-,21-,22-,33?/m1/s1. The van der Waals surface area contributed by atoms with Crippen molar-refractivity contribution in [2.45, 2.75) is 56.2 Å². The van der Waals surface area contributed by atoms with Crippen LogP contribution >= 0.6 is 29.4 Å². The van der Waals surface area contributed by atoms with Gasteiger partial charge < -0.3 is 14.6 Å². The van der Waals surface area contributed by atoms with Gasteiger partial charge in [0.25, 0.3) is 0 Å². The Morgan fingerprint density at radius 3 is 2.69 bits per heavy atom. The smallest absolute Gasteiger partial charge is 0.383 e. The fourth-order valence-electron chi connectivity index (χ4n) is 4.33. The largest absolute Gasteiger partial charge is 0.475 e. The van der Waals surface area contributed by atoms with E-state index in [1.54, 1.807) is 21.6 Å².